The molecule has 4 rings (SSSR count). The molecule has 9 amide bonds. The van der Waals surface area contributed by atoms with Gasteiger partial charge in [-0.3, -0.25) is 52.5 Å². The van der Waals surface area contributed by atoms with Gasteiger partial charge in [-0.2, -0.15) is 0 Å². The molecule has 2 aromatic rings. The van der Waals surface area contributed by atoms with Crippen LogP contribution in [0, 0.1) is 0 Å². The van der Waals surface area contributed by atoms with Crippen molar-refractivity contribution in [2.75, 3.05) is 187 Å². The molecule has 0 unspecified atom stereocenters. The first-order valence-electron chi connectivity index (χ1n) is 30.2. The number of nitrogens with two attached hydrogens (primary N) is 1. The second-order valence-electron chi connectivity index (χ2n) is 21.8. The zero-order valence-corrected chi connectivity index (χ0v) is 52.5. The molecule has 30 heteroatoms. The average molecular weight is 1230 g/mol. The van der Waals surface area contributed by atoms with Gasteiger partial charge in [-0.25, -0.2) is 0 Å². The second kappa shape index (κ2) is 40.7. The molecule has 2 saturated carbocycles. The highest BCUT2D eigenvalue weighted by molar-refractivity contribution is 5.93. The van der Waals surface area contributed by atoms with Crippen molar-refractivity contribution in [2.24, 2.45) is 5.73 Å². The molecule has 2 heterocycles. The summed E-state index contributed by atoms with van der Waals surface area (Å²) in [4.78, 5) is 136. The number of nitrogens with zero attached hydrogens (tertiary/aromatic N) is 14. The molecule has 2 N–H and O–H groups in total. The molecule has 0 spiro atoms. The van der Waals surface area contributed by atoms with Crippen LogP contribution < -0.4 is 5.73 Å². The van der Waals surface area contributed by atoms with E-state index in [2.05, 4.69) is 20.6 Å². The third-order valence-corrected chi connectivity index (χ3v) is 15.4. The van der Waals surface area contributed by atoms with E-state index >= 15 is 0 Å². The van der Waals surface area contributed by atoms with Gasteiger partial charge in [-0.05, 0) is 38.5 Å². The van der Waals surface area contributed by atoms with Gasteiger partial charge in [0.2, 0.25) is 53.2 Å². The van der Waals surface area contributed by atoms with Crippen LogP contribution in [0.4, 0.5) is 0 Å². The number of ether oxygens (including phenoxy) is 6. The van der Waals surface area contributed by atoms with Gasteiger partial charge in [0, 0.05) is 139 Å². The maximum atomic E-state index is 14.7. The molecule has 2 aliphatic carbocycles. The molecule has 0 aromatic carbocycles. The molecule has 87 heavy (non-hydrogen) atoms. The van der Waals surface area contributed by atoms with Gasteiger partial charge in [0.05, 0.1) is 103 Å². The minimum absolute atomic E-state index is 0.00152. The van der Waals surface area contributed by atoms with E-state index in [1.807, 2.05) is 12.4 Å². The van der Waals surface area contributed by atoms with Gasteiger partial charge in [-0.15, -0.1) is 10.2 Å². The number of carbonyl (C=O) groups is 9. The number of carbonyl (C=O) groups excluding carboxylic acids is 9. The molecule has 2 aliphatic rings. The maximum absolute atomic E-state index is 14.7. The number of hydrogen-bond acceptors (Lipinski definition) is 19. The lowest BCUT2D eigenvalue weighted by molar-refractivity contribution is -0.149. The van der Waals surface area contributed by atoms with Crippen molar-refractivity contribution in [3.8, 4) is 0 Å². The van der Waals surface area contributed by atoms with Crippen molar-refractivity contribution in [1.82, 2.24) is 69.2 Å². The fourth-order valence-corrected chi connectivity index (χ4v) is 10.3. The number of methoxy groups -OCH3 is 6. The third-order valence-electron chi connectivity index (χ3n) is 15.4. The fourth-order valence-electron chi connectivity index (χ4n) is 10.3. The summed E-state index contributed by atoms with van der Waals surface area (Å²) >= 11 is 0. The summed E-state index contributed by atoms with van der Waals surface area (Å²) in [6, 6.07) is 0. The zero-order chi connectivity index (χ0) is 63.5. The van der Waals surface area contributed by atoms with Gasteiger partial charge < -0.3 is 73.4 Å². The van der Waals surface area contributed by atoms with Crippen LogP contribution in [0.15, 0.2) is 12.4 Å². The lowest BCUT2D eigenvalue weighted by Crippen LogP contribution is -2.53. The standard InChI is InChI=1S/C57H97N15O15/c1-8-50(74)66(24-30-83-3)40-56(80)67(25-31-84-4)41-51(75)64(20-14-22-72-36-48(60-62-72)46-17-11-12-18-46)39-55(79)70(28-34-87-7)44-57(81)68(26-32-85-5)42-52(76)63(19-13-21-71-35-47(59-61-71)45-15-9-10-16-45)38-54(78)69(27-33-86-6)43-53(77)65(23-29-82-2)37-49(58)73/h35-36,45-46H,8-34,37-44H2,1-7H3,(H2,58,73). The van der Waals surface area contributed by atoms with Crippen LogP contribution in [0.25, 0.3) is 0 Å². The topological polar surface area (TPSA) is 322 Å². The Labute approximate surface area is 511 Å². The molecule has 0 bridgehead atoms. The number of primary amides is 1. The predicted octanol–water partition coefficient (Wildman–Crippen LogP) is -0.932. The van der Waals surface area contributed by atoms with Crippen molar-refractivity contribution < 1.29 is 71.6 Å². The maximum Gasteiger partial charge on any atom is 0.242 e. The van der Waals surface area contributed by atoms with Crippen molar-refractivity contribution >= 4 is 53.2 Å². The van der Waals surface area contributed by atoms with E-state index in [0.717, 1.165) is 62.8 Å². The first-order chi connectivity index (χ1) is 42.0. The molecular weight excluding hydrogens is 1130 g/mol. The average Bonchev–Trinajstić information content (AvgIpc) is 4.33. The van der Waals surface area contributed by atoms with Crippen LogP contribution in [-0.4, -0.2) is 309 Å². The van der Waals surface area contributed by atoms with Gasteiger partial charge in [-0.1, -0.05) is 43.0 Å². The Morgan fingerprint density at radius 3 is 0.885 bits per heavy atom. The van der Waals surface area contributed by atoms with Gasteiger partial charge in [0.25, 0.3) is 0 Å². The van der Waals surface area contributed by atoms with Crippen LogP contribution >= 0.6 is 0 Å². The monoisotopic (exact) mass is 1230 g/mol. The van der Waals surface area contributed by atoms with Crippen LogP contribution in [-0.2, 0) is 84.7 Å². The van der Waals surface area contributed by atoms with Crippen molar-refractivity contribution in [3.63, 3.8) is 0 Å². The Bertz CT molecular complexity index is 2430. The highest BCUT2D eigenvalue weighted by Gasteiger charge is 2.32. The number of hydrogen-bond donors (Lipinski definition) is 1. The first-order valence-corrected chi connectivity index (χ1v) is 30.2. The summed E-state index contributed by atoms with van der Waals surface area (Å²) < 4.78 is 35.1. The minimum atomic E-state index is -0.761. The molecule has 2 fully saturated rings. The molecule has 490 valence electrons. The summed E-state index contributed by atoms with van der Waals surface area (Å²) in [6.45, 7) is -1.08. The Hall–Kier alpha value is -6.73. The Balaban J connectivity index is 1.61. The molecule has 0 atom stereocenters. The smallest absolute Gasteiger partial charge is 0.242 e. The van der Waals surface area contributed by atoms with Crippen LogP contribution in [0.5, 0.6) is 0 Å². The summed E-state index contributed by atoms with van der Waals surface area (Å²) in [6.07, 6.45) is 13.2. The predicted molar refractivity (Wildman–Crippen MR) is 315 cm³/mol. The zero-order valence-electron chi connectivity index (χ0n) is 52.5. The number of rotatable bonds is 45. The molecule has 0 aliphatic heterocycles. The van der Waals surface area contributed by atoms with Gasteiger partial charge >= 0.3 is 0 Å². The van der Waals surface area contributed by atoms with Crippen molar-refractivity contribution in [2.45, 2.75) is 102 Å². The minimum Gasteiger partial charge on any atom is -0.383 e. The normalized spacial score (nSPS) is 13.4. The number of amides is 9. The highest BCUT2D eigenvalue weighted by Crippen LogP contribution is 2.33. The molecule has 0 radical (unpaired) electrons. The third kappa shape index (κ3) is 25.9. The van der Waals surface area contributed by atoms with E-state index in [1.165, 1.54) is 81.9 Å². The Morgan fingerprint density at radius 2 is 0.644 bits per heavy atom. The second-order valence-corrected chi connectivity index (χ2v) is 21.8. The quantitative estimate of drug-likeness (QED) is 0.0837. The van der Waals surface area contributed by atoms with Crippen molar-refractivity contribution in [1.29, 1.82) is 0 Å². The van der Waals surface area contributed by atoms with Crippen LogP contribution in [0.3, 0.4) is 0 Å². The molecule has 2 aromatic heterocycles. The first kappa shape index (κ1) is 72.7. The summed E-state index contributed by atoms with van der Waals surface area (Å²) in [5, 5.41) is 17.5. The van der Waals surface area contributed by atoms with Crippen LogP contribution in [0.1, 0.15) is 101 Å². The van der Waals surface area contributed by atoms with E-state index in [0.29, 0.717) is 37.8 Å². The summed E-state index contributed by atoms with van der Waals surface area (Å²) in [5.41, 5.74) is 7.25. The fraction of sp³-hybridized carbons (Fsp3) is 0.772. The van der Waals surface area contributed by atoms with Crippen molar-refractivity contribution in [3.05, 3.63) is 23.8 Å². The van der Waals surface area contributed by atoms with E-state index in [9.17, 15) is 43.2 Å². The summed E-state index contributed by atoms with van der Waals surface area (Å²) in [5.74, 6) is -4.62. The molecule has 30 nitrogen and oxygen atoms in total. The number of aryl methyl sites for hydroxylation is 2. The SMILES string of the molecule is CCC(=O)N(CCOC)CC(=O)N(CCOC)CC(=O)N(CCCn1cc(C2CCCC2)nn1)CC(=O)N(CCOC)CC(=O)N(CCOC)CC(=O)N(CCCn1cc(C2CCCC2)nn1)CC(=O)N(CCOC)CC(=O)N(CCOC)CC(N)=O. The van der Waals surface area contributed by atoms with E-state index < -0.39 is 93.1 Å². The Kier molecular flexibility index (Phi) is 34.0. The highest BCUT2D eigenvalue weighted by atomic mass is 16.5. The Morgan fingerprint density at radius 1 is 0.402 bits per heavy atom. The van der Waals surface area contributed by atoms with E-state index in [-0.39, 0.29) is 111 Å². The lowest BCUT2D eigenvalue weighted by Gasteiger charge is -2.32. The lowest BCUT2D eigenvalue weighted by atomic mass is 10.1. The molecular formula is C57H97N15O15. The summed E-state index contributed by atoms with van der Waals surface area (Å²) in [7, 11) is 8.67. The van der Waals surface area contributed by atoms with Crippen LogP contribution in [0.2, 0.25) is 0 Å². The van der Waals surface area contributed by atoms with Gasteiger partial charge in [0.1, 0.15) is 0 Å². The molecule has 0 saturated heterocycles. The van der Waals surface area contributed by atoms with Gasteiger partial charge in [0.15, 0.2) is 0 Å². The number of aromatic nitrogens is 6. The largest absolute Gasteiger partial charge is 0.383 e. The van der Waals surface area contributed by atoms with E-state index in [4.69, 9.17) is 34.2 Å². The van der Waals surface area contributed by atoms with E-state index in [1.54, 1.807) is 16.3 Å².